The molecule has 1 N–H and O–H groups in total. The van der Waals surface area contributed by atoms with Gasteiger partial charge in [-0.15, -0.1) is 0 Å². The summed E-state index contributed by atoms with van der Waals surface area (Å²) < 4.78 is 5.18. The van der Waals surface area contributed by atoms with Crippen LogP contribution in [0.5, 0.6) is 0 Å². The molecule has 0 aliphatic carbocycles. The third kappa shape index (κ3) is 2.70. The van der Waals surface area contributed by atoms with E-state index >= 15 is 0 Å². The number of furan rings is 1. The van der Waals surface area contributed by atoms with Crippen molar-refractivity contribution in [1.82, 2.24) is 5.32 Å². The summed E-state index contributed by atoms with van der Waals surface area (Å²) in [5.74, 6) is 1.03. The second-order valence-corrected chi connectivity index (χ2v) is 3.03. The third-order valence-corrected chi connectivity index (χ3v) is 1.99. The molecule has 0 aliphatic rings. The molecule has 1 rings (SSSR count). The number of hydrogen-bond donors (Lipinski definition) is 1. The van der Waals surface area contributed by atoms with Gasteiger partial charge in [-0.05, 0) is 26.0 Å². The zero-order chi connectivity index (χ0) is 8.81. The highest BCUT2D eigenvalue weighted by Crippen LogP contribution is 2.07. The summed E-state index contributed by atoms with van der Waals surface area (Å²) in [4.78, 5) is 0. The first-order valence-electron chi connectivity index (χ1n) is 4.58. The van der Waals surface area contributed by atoms with Crippen LogP contribution in [0.15, 0.2) is 16.7 Å². The summed E-state index contributed by atoms with van der Waals surface area (Å²) in [6, 6.07) is 2.02. The van der Waals surface area contributed by atoms with E-state index in [9.17, 15) is 0 Å². The van der Waals surface area contributed by atoms with Gasteiger partial charge >= 0.3 is 0 Å². The molecule has 0 bridgehead atoms. The van der Waals surface area contributed by atoms with Gasteiger partial charge in [-0.1, -0.05) is 13.3 Å². The van der Waals surface area contributed by atoms with E-state index in [1.807, 2.05) is 13.0 Å². The van der Waals surface area contributed by atoms with Gasteiger partial charge in [0.15, 0.2) is 0 Å². The molecule has 1 aromatic heterocycles. The molecular weight excluding hydrogens is 150 g/mol. The molecule has 0 spiro atoms. The maximum absolute atomic E-state index is 5.18. The maximum atomic E-state index is 5.18. The maximum Gasteiger partial charge on any atom is 0.105 e. The first-order chi connectivity index (χ1) is 5.84. The summed E-state index contributed by atoms with van der Waals surface area (Å²) in [7, 11) is 0. The fourth-order valence-electron chi connectivity index (χ4n) is 1.12. The zero-order valence-electron chi connectivity index (χ0n) is 7.89. The van der Waals surface area contributed by atoms with Crippen molar-refractivity contribution in [3.05, 3.63) is 23.7 Å². The van der Waals surface area contributed by atoms with Crippen molar-refractivity contribution in [2.45, 2.75) is 33.2 Å². The highest BCUT2D eigenvalue weighted by Gasteiger charge is 1.98. The minimum atomic E-state index is 0.933. The summed E-state index contributed by atoms with van der Waals surface area (Å²) in [6.07, 6.45) is 4.24. The van der Waals surface area contributed by atoms with Crippen LogP contribution >= 0.6 is 0 Å². The average Bonchev–Trinajstić information content (AvgIpc) is 2.46. The Morgan fingerprint density at radius 1 is 1.50 bits per heavy atom. The smallest absolute Gasteiger partial charge is 0.105 e. The summed E-state index contributed by atoms with van der Waals surface area (Å²) in [5, 5.41) is 3.37. The van der Waals surface area contributed by atoms with Gasteiger partial charge in [0.05, 0.1) is 6.26 Å². The predicted octanol–water partition coefficient (Wildman–Crippen LogP) is 2.48. The number of unbranched alkanes of at least 4 members (excludes halogenated alkanes) is 1. The van der Waals surface area contributed by atoms with Crippen LogP contribution in [-0.4, -0.2) is 6.54 Å². The van der Waals surface area contributed by atoms with Gasteiger partial charge in [0.25, 0.3) is 0 Å². The van der Waals surface area contributed by atoms with Gasteiger partial charge in [0.1, 0.15) is 5.76 Å². The fourth-order valence-corrected chi connectivity index (χ4v) is 1.12. The van der Waals surface area contributed by atoms with E-state index in [0.29, 0.717) is 0 Å². The lowest BCUT2D eigenvalue weighted by molar-refractivity contribution is 0.525. The number of aryl methyl sites for hydroxylation is 1. The second kappa shape index (κ2) is 4.99. The Labute approximate surface area is 74.0 Å². The number of rotatable bonds is 5. The van der Waals surface area contributed by atoms with E-state index in [1.54, 1.807) is 6.26 Å². The van der Waals surface area contributed by atoms with Crippen molar-refractivity contribution >= 4 is 0 Å². The van der Waals surface area contributed by atoms with Crippen LogP contribution in [0, 0.1) is 6.92 Å². The molecule has 0 aliphatic heterocycles. The van der Waals surface area contributed by atoms with Crippen LogP contribution < -0.4 is 5.32 Å². The Morgan fingerprint density at radius 2 is 2.33 bits per heavy atom. The third-order valence-electron chi connectivity index (χ3n) is 1.99. The molecule has 0 saturated carbocycles. The van der Waals surface area contributed by atoms with Gasteiger partial charge in [0, 0.05) is 12.1 Å². The first kappa shape index (κ1) is 9.33. The summed E-state index contributed by atoms with van der Waals surface area (Å²) >= 11 is 0. The summed E-state index contributed by atoms with van der Waals surface area (Å²) in [6.45, 7) is 6.23. The zero-order valence-corrected chi connectivity index (χ0v) is 7.89. The SMILES string of the molecule is CCCCNCc1ccoc1C. The molecule has 0 saturated heterocycles. The lowest BCUT2D eigenvalue weighted by Crippen LogP contribution is -2.14. The van der Waals surface area contributed by atoms with Crippen LogP contribution in [0.25, 0.3) is 0 Å². The molecule has 1 aromatic rings. The Balaban J connectivity index is 2.20. The normalized spacial score (nSPS) is 10.5. The van der Waals surface area contributed by atoms with E-state index in [0.717, 1.165) is 18.8 Å². The van der Waals surface area contributed by atoms with Gasteiger partial charge in [0.2, 0.25) is 0 Å². The molecule has 0 radical (unpaired) electrons. The van der Waals surface area contributed by atoms with Crippen molar-refractivity contribution < 1.29 is 4.42 Å². The molecule has 68 valence electrons. The lowest BCUT2D eigenvalue weighted by Gasteiger charge is -2.01. The Morgan fingerprint density at radius 3 is 2.92 bits per heavy atom. The minimum absolute atomic E-state index is 0.933. The van der Waals surface area contributed by atoms with Crippen LogP contribution in [-0.2, 0) is 6.54 Å². The molecule has 1 heterocycles. The molecule has 0 amide bonds. The quantitative estimate of drug-likeness (QED) is 0.681. The van der Waals surface area contributed by atoms with Crippen LogP contribution in [0.3, 0.4) is 0 Å². The van der Waals surface area contributed by atoms with Crippen LogP contribution in [0.1, 0.15) is 31.1 Å². The molecule has 0 aromatic carbocycles. The van der Waals surface area contributed by atoms with Gasteiger partial charge in [-0.25, -0.2) is 0 Å². The highest BCUT2D eigenvalue weighted by atomic mass is 16.3. The second-order valence-electron chi connectivity index (χ2n) is 3.03. The lowest BCUT2D eigenvalue weighted by atomic mass is 10.2. The van der Waals surface area contributed by atoms with E-state index in [4.69, 9.17) is 4.42 Å². The Hall–Kier alpha value is -0.760. The van der Waals surface area contributed by atoms with Crippen molar-refractivity contribution in [2.75, 3.05) is 6.54 Å². The van der Waals surface area contributed by atoms with Crippen molar-refractivity contribution in [3.63, 3.8) is 0 Å². The van der Waals surface area contributed by atoms with Gasteiger partial charge in [-0.2, -0.15) is 0 Å². The minimum Gasteiger partial charge on any atom is -0.469 e. The fraction of sp³-hybridized carbons (Fsp3) is 0.600. The molecule has 2 nitrogen and oxygen atoms in total. The molecule has 0 fully saturated rings. The topological polar surface area (TPSA) is 25.2 Å². The standard InChI is InChI=1S/C10H17NO/c1-3-4-6-11-8-10-5-7-12-9(10)2/h5,7,11H,3-4,6,8H2,1-2H3. The first-order valence-corrected chi connectivity index (χ1v) is 4.58. The predicted molar refractivity (Wildman–Crippen MR) is 50.1 cm³/mol. The summed E-state index contributed by atoms with van der Waals surface area (Å²) in [5.41, 5.74) is 1.27. The molecule has 2 heteroatoms. The Kier molecular flexibility index (Phi) is 3.88. The molecule has 0 unspecified atom stereocenters. The average molecular weight is 167 g/mol. The molecular formula is C10H17NO. The van der Waals surface area contributed by atoms with E-state index < -0.39 is 0 Å². The molecule has 0 atom stereocenters. The Bertz CT molecular complexity index is 217. The molecule has 12 heavy (non-hydrogen) atoms. The largest absolute Gasteiger partial charge is 0.469 e. The monoisotopic (exact) mass is 167 g/mol. The van der Waals surface area contributed by atoms with E-state index in [2.05, 4.69) is 12.2 Å². The van der Waals surface area contributed by atoms with Crippen molar-refractivity contribution in [2.24, 2.45) is 0 Å². The van der Waals surface area contributed by atoms with E-state index in [-0.39, 0.29) is 0 Å². The van der Waals surface area contributed by atoms with Crippen molar-refractivity contribution in [3.8, 4) is 0 Å². The number of nitrogens with one attached hydrogen (secondary N) is 1. The van der Waals surface area contributed by atoms with Crippen molar-refractivity contribution in [1.29, 1.82) is 0 Å². The van der Waals surface area contributed by atoms with Gasteiger partial charge < -0.3 is 9.73 Å². The highest BCUT2D eigenvalue weighted by molar-refractivity contribution is 5.14. The van der Waals surface area contributed by atoms with Crippen LogP contribution in [0.2, 0.25) is 0 Å². The van der Waals surface area contributed by atoms with Gasteiger partial charge in [-0.3, -0.25) is 0 Å². The van der Waals surface area contributed by atoms with Crippen LogP contribution in [0.4, 0.5) is 0 Å². The van der Waals surface area contributed by atoms with E-state index in [1.165, 1.54) is 18.4 Å². The number of hydrogen-bond acceptors (Lipinski definition) is 2.